The number of aryl methyl sites for hydroxylation is 1. The van der Waals surface area contributed by atoms with Crippen LogP contribution >= 0.6 is 11.3 Å². The van der Waals surface area contributed by atoms with Crippen molar-refractivity contribution in [3.05, 3.63) is 29.3 Å². The molecular formula is C20H24N6OS. The summed E-state index contributed by atoms with van der Waals surface area (Å²) in [7, 11) is 2.14. The first-order chi connectivity index (χ1) is 13.4. The Balaban J connectivity index is 1.84. The summed E-state index contributed by atoms with van der Waals surface area (Å²) in [6, 6.07) is 8.55. The van der Waals surface area contributed by atoms with Gasteiger partial charge in [0.05, 0.1) is 0 Å². The molecule has 8 heteroatoms. The van der Waals surface area contributed by atoms with E-state index in [1.54, 1.807) is 11.3 Å². The number of hydrogen-bond acceptors (Lipinski definition) is 7. The molecule has 1 aliphatic rings. The molecule has 1 aliphatic heterocycles. The predicted octanol–water partition coefficient (Wildman–Crippen LogP) is 3.16. The molecule has 1 aromatic carbocycles. The fraction of sp³-hybridized carbons (Fsp3) is 0.400. The van der Waals surface area contributed by atoms with Crippen LogP contribution in [0.25, 0.3) is 21.3 Å². The topological polar surface area (TPSA) is 74.2 Å². The monoisotopic (exact) mass is 396 g/mol. The van der Waals surface area contributed by atoms with Gasteiger partial charge in [-0.2, -0.15) is 0 Å². The summed E-state index contributed by atoms with van der Waals surface area (Å²) in [6.45, 7) is 8.54. The number of benzene rings is 1. The van der Waals surface area contributed by atoms with Crippen LogP contribution in [0.4, 0.5) is 11.6 Å². The van der Waals surface area contributed by atoms with Crippen molar-refractivity contribution in [3.63, 3.8) is 0 Å². The van der Waals surface area contributed by atoms with Crippen molar-refractivity contribution >= 4 is 39.7 Å². The van der Waals surface area contributed by atoms with Crippen LogP contribution in [0, 0.1) is 6.92 Å². The fourth-order valence-corrected chi connectivity index (χ4v) is 4.39. The minimum Gasteiger partial charge on any atom is -0.351 e. The molecule has 1 N–H and O–H groups in total. The smallest absolute Gasteiger partial charge is 0.222 e. The van der Waals surface area contributed by atoms with Gasteiger partial charge in [-0.1, -0.05) is 17.4 Å². The van der Waals surface area contributed by atoms with Gasteiger partial charge in [-0.25, -0.2) is 4.98 Å². The van der Waals surface area contributed by atoms with Crippen LogP contribution in [0.3, 0.4) is 0 Å². The maximum absolute atomic E-state index is 11.6. The Labute approximate surface area is 168 Å². The molecular weight excluding hydrogens is 372 g/mol. The average Bonchev–Trinajstić information content (AvgIpc) is 3.06. The highest BCUT2D eigenvalue weighted by molar-refractivity contribution is 7.14. The molecule has 3 heterocycles. The zero-order valence-electron chi connectivity index (χ0n) is 16.6. The molecule has 1 fully saturated rings. The van der Waals surface area contributed by atoms with Crippen LogP contribution in [0.15, 0.2) is 24.3 Å². The number of pyridine rings is 1. The molecule has 4 rings (SSSR count). The van der Waals surface area contributed by atoms with E-state index in [1.807, 2.05) is 13.0 Å². The van der Waals surface area contributed by atoms with Crippen LogP contribution in [-0.2, 0) is 4.79 Å². The number of hydrogen-bond donors (Lipinski definition) is 1. The summed E-state index contributed by atoms with van der Waals surface area (Å²) in [5.74, 6) is 1.37. The second kappa shape index (κ2) is 7.44. The first-order valence-electron chi connectivity index (χ1n) is 9.39. The average molecular weight is 397 g/mol. The van der Waals surface area contributed by atoms with Crippen molar-refractivity contribution in [2.24, 2.45) is 0 Å². The van der Waals surface area contributed by atoms with Gasteiger partial charge in [0.2, 0.25) is 5.91 Å². The number of likely N-dealkylation sites (N-methyl/N-ethyl adjacent to an activating group) is 1. The van der Waals surface area contributed by atoms with Crippen LogP contribution < -0.4 is 10.2 Å². The minimum atomic E-state index is -0.125. The number of fused-ring (bicyclic) bond motifs is 1. The van der Waals surface area contributed by atoms with Crippen LogP contribution in [0.2, 0.25) is 0 Å². The zero-order chi connectivity index (χ0) is 19.8. The first-order valence-corrected chi connectivity index (χ1v) is 10.2. The lowest BCUT2D eigenvalue weighted by atomic mass is 10.1. The van der Waals surface area contributed by atoms with E-state index in [0.717, 1.165) is 51.8 Å². The van der Waals surface area contributed by atoms with Gasteiger partial charge in [-0.15, -0.1) is 10.2 Å². The van der Waals surface area contributed by atoms with E-state index in [0.29, 0.717) is 11.9 Å². The SMILES string of the molecule is CC(=O)Nc1cc2cc(-c3nnc(C)s3)ccc2c(N2CCN(C)C[C@@H]2C)n1. The van der Waals surface area contributed by atoms with E-state index in [1.165, 1.54) is 6.92 Å². The number of piperazine rings is 1. The maximum atomic E-state index is 11.6. The highest BCUT2D eigenvalue weighted by Gasteiger charge is 2.25. The molecule has 1 amide bonds. The van der Waals surface area contributed by atoms with E-state index in [-0.39, 0.29) is 5.91 Å². The van der Waals surface area contributed by atoms with Crippen molar-refractivity contribution in [1.82, 2.24) is 20.1 Å². The fourth-order valence-electron chi connectivity index (χ4n) is 3.70. The van der Waals surface area contributed by atoms with Gasteiger partial charge in [0.1, 0.15) is 21.7 Å². The zero-order valence-corrected chi connectivity index (χ0v) is 17.4. The normalized spacial score (nSPS) is 17.9. The number of carbonyl (C=O) groups is 1. The molecule has 3 aromatic rings. The number of amides is 1. The highest BCUT2D eigenvalue weighted by atomic mass is 32.1. The number of rotatable bonds is 3. The van der Waals surface area contributed by atoms with Gasteiger partial charge < -0.3 is 15.1 Å². The number of nitrogens with zero attached hydrogens (tertiary/aromatic N) is 5. The molecule has 0 spiro atoms. The minimum absolute atomic E-state index is 0.125. The predicted molar refractivity (Wildman–Crippen MR) is 114 cm³/mol. The molecule has 0 radical (unpaired) electrons. The molecule has 0 saturated carbocycles. The van der Waals surface area contributed by atoms with Gasteiger partial charge in [0, 0.05) is 43.5 Å². The summed E-state index contributed by atoms with van der Waals surface area (Å²) in [6.07, 6.45) is 0. The van der Waals surface area contributed by atoms with Crippen molar-refractivity contribution in [3.8, 4) is 10.6 Å². The molecule has 0 bridgehead atoms. The first kappa shape index (κ1) is 18.8. The van der Waals surface area contributed by atoms with Gasteiger partial charge in [0.15, 0.2) is 0 Å². The van der Waals surface area contributed by atoms with Crippen molar-refractivity contribution in [1.29, 1.82) is 0 Å². The molecule has 1 atom stereocenters. The Morgan fingerprint density at radius 1 is 1.25 bits per heavy atom. The molecule has 1 saturated heterocycles. The van der Waals surface area contributed by atoms with Gasteiger partial charge in [-0.3, -0.25) is 4.79 Å². The number of aromatic nitrogens is 3. The Kier molecular flexibility index (Phi) is 4.99. The van der Waals surface area contributed by atoms with E-state index in [4.69, 9.17) is 4.98 Å². The van der Waals surface area contributed by atoms with Gasteiger partial charge >= 0.3 is 0 Å². The molecule has 28 heavy (non-hydrogen) atoms. The third-order valence-electron chi connectivity index (χ3n) is 4.99. The van der Waals surface area contributed by atoms with E-state index >= 15 is 0 Å². The molecule has 7 nitrogen and oxygen atoms in total. The van der Waals surface area contributed by atoms with Gasteiger partial charge in [-0.05, 0) is 44.5 Å². The van der Waals surface area contributed by atoms with Crippen molar-refractivity contribution in [2.75, 3.05) is 36.9 Å². The molecule has 2 aromatic heterocycles. The van der Waals surface area contributed by atoms with Crippen LogP contribution in [0.5, 0.6) is 0 Å². The summed E-state index contributed by atoms with van der Waals surface area (Å²) < 4.78 is 0. The maximum Gasteiger partial charge on any atom is 0.222 e. The Morgan fingerprint density at radius 3 is 2.75 bits per heavy atom. The largest absolute Gasteiger partial charge is 0.351 e. The molecule has 146 valence electrons. The highest BCUT2D eigenvalue weighted by Crippen LogP contribution is 2.33. The second-order valence-electron chi connectivity index (χ2n) is 7.38. The Morgan fingerprint density at radius 2 is 2.07 bits per heavy atom. The lowest BCUT2D eigenvalue weighted by Gasteiger charge is -2.39. The third kappa shape index (κ3) is 3.70. The summed E-state index contributed by atoms with van der Waals surface area (Å²) in [5.41, 5.74) is 1.02. The van der Waals surface area contributed by atoms with E-state index < -0.39 is 0 Å². The lowest BCUT2D eigenvalue weighted by molar-refractivity contribution is -0.114. The van der Waals surface area contributed by atoms with Crippen molar-refractivity contribution < 1.29 is 4.79 Å². The molecule has 0 aliphatic carbocycles. The second-order valence-corrected chi connectivity index (χ2v) is 8.56. The summed E-state index contributed by atoms with van der Waals surface area (Å²) in [4.78, 5) is 21.1. The van der Waals surface area contributed by atoms with E-state index in [2.05, 4.69) is 57.5 Å². The third-order valence-corrected chi connectivity index (χ3v) is 5.88. The summed E-state index contributed by atoms with van der Waals surface area (Å²) in [5, 5.41) is 15.2. The van der Waals surface area contributed by atoms with Crippen molar-refractivity contribution in [2.45, 2.75) is 26.8 Å². The number of anilines is 2. The molecule has 0 unspecified atom stereocenters. The van der Waals surface area contributed by atoms with Crippen LogP contribution in [-0.4, -0.2) is 58.7 Å². The number of nitrogens with one attached hydrogen (secondary N) is 1. The lowest BCUT2D eigenvalue weighted by Crippen LogP contribution is -2.50. The Bertz CT molecular complexity index is 1030. The van der Waals surface area contributed by atoms with E-state index in [9.17, 15) is 4.79 Å². The quantitative estimate of drug-likeness (QED) is 0.733. The Hall–Kier alpha value is -2.58. The number of carbonyl (C=O) groups excluding carboxylic acids is 1. The standard InChI is InChI=1S/C20H24N6OS/c1-12-11-25(4)7-8-26(12)19-17-6-5-15(20-24-23-14(3)28-20)9-16(17)10-18(22-19)21-13(2)27/h5-6,9-10,12H,7-8,11H2,1-4H3,(H,21,22,27)/t12-/m0/s1. The van der Waals surface area contributed by atoms with Gasteiger partial charge in [0.25, 0.3) is 0 Å². The summed E-state index contributed by atoms with van der Waals surface area (Å²) >= 11 is 1.57. The van der Waals surface area contributed by atoms with Crippen LogP contribution in [0.1, 0.15) is 18.9 Å².